The Morgan fingerprint density at radius 2 is 0.662 bits per heavy atom. The van der Waals surface area contributed by atoms with Gasteiger partial charge in [0.2, 0.25) is 5.91 Å². The number of hydrogen-bond donors (Lipinski definition) is 3. The lowest BCUT2D eigenvalue weighted by molar-refractivity contribution is -0.143. The number of esters is 1. The summed E-state index contributed by atoms with van der Waals surface area (Å²) in [5, 5.41) is 23.4. The maximum Gasteiger partial charge on any atom is 0.305 e. The Hall–Kier alpha value is -1.66. The van der Waals surface area contributed by atoms with E-state index in [-0.39, 0.29) is 18.5 Å². The van der Waals surface area contributed by atoms with Crippen molar-refractivity contribution in [2.45, 2.75) is 386 Å². The second-order valence-corrected chi connectivity index (χ2v) is 23.2. The highest BCUT2D eigenvalue weighted by molar-refractivity contribution is 5.76. The van der Waals surface area contributed by atoms with Crippen molar-refractivity contribution in [2.24, 2.45) is 0 Å². The van der Waals surface area contributed by atoms with Gasteiger partial charge in [-0.2, -0.15) is 0 Å². The molecule has 74 heavy (non-hydrogen) atoms. The van der Waals surface area contributed by atoms with Gasteiger partial charge in [0.25, 0.3) is 0 Å². The first-order valence-electron chi connectivity index (χ1n) is 33.6. The Balaban J connectivity index is 3.46. The number of aliphatic hydroxyl groups excluding tert-OH is 2. The summed E-state index contributed by atoms with van der Waals surface area (Å²) in [6.07, 6.45) is 79.2. The van der Waals surface area contributed by atoms with Crippen molar-refractivity contribution >= 4 is 11.9 Å². The predicted octanol–water partition coefficient (Wildman–Crippen LogP) is 21.4. The van der Waals surface area contributed by atoms with E-state index in [9.17, 15) is 19.8 Å². The molecule has 6 nitrogen and oxygen atoms in total. The molecule has 0 aromatic rings. The molecule has 0 saturated heterocycles. The van der Waals surface area contributed by atoms with Gasteiger partial charge in [0.1, 0.15) is 0 Å². The molecule has 0 aliphatic carbocycles. The highest BCUT2D eigenvalue weighted by Crippen LogP contribution is 2.19. The predicted molar refractivity (Wildman–Crippen MR) is 324 cm³/mol. The summed E-state index contributed by atoms with van der Waals surface area (Å²) in [4.78, 5) is 24.6. The van der Waals surface area contributed by atoms with Gasteiger partial charge in [-0.05, 0) is 57.8 Å². The smallest absolute Gasteiger partial charge is 0.305 e. The van der Waals surface area contributed by atoms with Crippen LogP contribution in [0.2, 0.25) is 0 Å². The highest BCUT2D eigenvalue weighted by atomic mass is 16.5. The largest absolute Gasteiger partial charge is 0.466 e. The molecule has 0 bridgehead atoms. The minimum absolute atomic E-state index is 0.00949. The van der Waals surface area contributed by atoms with E-state index in [4.69, 9.17) is 4.74 Å². The van der Waals surface area contributed by atoms with E-state index in [1.54, 1.807) is 0 Å². The van der Waals surface area contributed by atoms with Crippen LogP contribution in [-0.4, -0.2) is 47.4 Å². The first-order chi connectivity index (χ1) is 36.5. The molecule has 2 unspecified atom stereocenters. The van der Waals surface area contributed by atoms with Crippen molar-refractivity contribution in [1.82, 2.24) is 5.32 Å². The van der Waals surface area contributed by atoms with Gasteiger partial charge in [-0.3, -0.25) is 9.59 Å². The van der Waals surface area contributed by atoms with Gasteiger partial charge in [0, 0.05) is 12.8 Å². The van der Waals surface area contributed by atoms with Gasteiger partial charge >= 0.3 is 5.97 Å². The minimum Gasteiger partial charge on any atom is -0.466 e. The Morgan fingerprint density at radius 1 is 0.378 bits per heavy atom. The summed E-state index contributed by atoms with van der Waals surface area (Å²) in [5.41, 5.74) is 0. The Labute approximate surface area is 462 Å². The number of unbranched alkanes of at least 4 members (excludes halogenated alkanes) is 49. The van der Waals surface area contributed by atoms with Crippen molar-refractivity contribution in [1.29, 1.82) is 0 Å². The van der Waals surface area contributed by atoms with Crippen LogP contribution in [0.25, 0.3) is 0 Å². The second kappa shape index (κ2) is 63.9. The molecule has 0 aliphatic heterocycles. The van der Waals surface area contributed by atoms with Crippen LogP contribution in [0.5, 0.6) is 0 Å². The first-order valence-corrected chi connectivity index (χ1v) is 33.6. The molecule has 438 valence electrons. The average molecular weight is 1040 g/mol. The van der Waals surface area contributed by atoms with E-state index in [1.807, 2.05) is 0 Å². The molecule has 0 aromatic heterocycles. The van der Waals surface area contributed by atoms with E-state index in [1.165, 1.54) is 270 Å². The quantitative estimate of drug-likeness (QED) is 0.0320. The second-order valence-electron chi connectivity index (χ2n) is 23.2. The zero-order valence-electron chi connectivity index (χ0n) is 50.1. The van der Waals surface area contributed by atoms with Gasteiger partial charge in [-0.1, -0.05) is 327 Å². The molecular formula is C68H131NO5. The summed E-state index contributed by atoms with van der Waals surface area (Å²) < 4.78 is 5.47. The van der Waals surface area contributed by atoms with Crippen LogP contribution in [0, 0.1) is 0 Å². The lowest BCUT2D eigenvalue weighted by atomic mass is 10.0. The number of amides is 1. The van der Waals surface area contributed by atoms with Crippen LogP contribution in [0.3, 0.4) is 0 Å². The molecule has 1 amide bonds. The summed E-state index contributed by atoms with van der Waals surface area (Å²) in [6.45, 7) is 4.95. The van der Waals surface area contributed by atoms with Crippen LogP contribution in [0.1, 0.15) is 373 Å². The van der Waals surface area contributed by atoms with Crippen molar-refractivity contribution < 1.29 is 24.5 Å². The molecule has 0 aromatic carbocycles. The highest BCUT2D eigenvalue weighted by Gasteiger charge is 2.20. The number of aliphatic hydroxyl groups is 2. The summed E-state index contributed by atoms with van der Waals surface area (Å²) >= 11 is 0. The van der Waals surface area contributed by atoms with Crippen molar-refractivity contribution in [3.05, 3.63) is 24.3 Å². The zero-order chi connectivity index (χ0) is 53.6. The molecule has 0 aliphatic rings. The molecule has 0 saturated carbocycles. The number of rotatable bonds is 63. The van der Waals surface area contributed by atoms with Crippen LogP contribution in [0.15, 0.2) is 24.3 Å². The number of allylic oxidation sites excluding steroid dienone is 4. The van der Waals surface area contributed by atoms with E-state index < -0.39 is 12.1 Å². The molecule has 0 heterocycles. The van der Waals surface area contributed by atoms with Gasteiger partial charge < -0.3 is 20.3 Å². The van der Waals surface area contributed by atoms with Crippen molar-refractivity contribution in [3.8, 4) is 0 Å². The van der Waals surface area contributed by atoms with Crippen molar-refractivity contribution in [2.75, 3.05) is 13.2 Å². The number of carbonyl (C=O) groups excluding carboxylic acids is 2. The zero-order valence-corrected chi connectivity index (χ0v) is 50.1. The first kappa shape index (κ1) is 72.3. The van der Waals surface area contributed by atoms with E-state index in [2.05, 4.69) is 43.5 Å². The van der Waals surface area contributed by atoms with Gasteiger partial charge in [-0.15, -0.1) is 0 Å². The van der Waals surface area contributed by atoms with E-state index in [0.717, 1.165) is 70.6 Å². The van der Waals surface area contributed by atoms with Crippen LogP contribution >= 0.6 is 0 Å². The third-order valence-corrected chi connectivity index (χ3v) is 15.8. The fourth-order valence-corrected chi connectivity index (χ4v) is 10.6. The Morgan fingerprint density at radius 3 is 1.00 bits per heavy atom. The number of nitrogens with one attached hydrogen (secondary N) is 1. The standard InChI is InChI=1S/C68H131NO5/c1-3-5-7-9-11-13-15-17-19-20-21-22-23-24-26-29-33-36-40-44-48-52-56-60-66(71)65(64-70)69-67(72)61-57-53-49-45-41-37-34-30-27-25-28-31-35-39-43-47-51-55-59-63-74-68(73)62-58-54-50-46-42-38-32-18-16-14-12-10-8-6-4-2/h31,35,39,43,65-66,70-71H,3-30,32-34,36-38,40-42,44-64H2,1-2H3,(H,69,72)/b35-31-,43-39-. The lowest BCUT2D eigenvalue weighted by Crippen LogP contribution is -2.45. The van der Waals surface area contributed by atoms with Crippen LogP contribution in [-0.2, 0) is 14.3 Å². The molecule has 0 radical (unpaired) electrons. The molecule has 6 heteroatoms. The monoisotopic (exact) mass is 1040 g/mol. The van der Waals surface area contributed by atoms with Gasteiger partial charge in [-0.25, -0.2) is 0 Å². The average Bonchev–Trinajstić information content (AvgIpc) is 3.40. The van der Waals surface area contributed by atoms with E-state index >= 15 is 0 Å². The molecule has 0 fully saturated rings. The Bertz CT molecular complexity index is 1150. The number of carbonyl (C=O) groups is 2. The molecule has 2 atom stereocenters. The SMILES string of the molecule is CCCCCCCCCCCCCCCCCCCCCCCCCC(O)C(CO)NC(=O)CCCCCCCCCCCC/C=C\C=C/CCCCCOC(=O)CCCCCCCCCCCCCCCCC. The third kappa shape index (κ3) is 59.6. The van der Waals surface area contributed by atoms with Crippen LogP contribution < -0.4 is 5.32 Å². The van der Waals surface area contributed by atoms with Crippen molar-refractivity contribution in [3.63, 3.8) is 0 Å². The molecular weight excluding hydrogens is 911 g/mol. The molecule has 3 N–H and O–H groups in total. The summed E-state index contributed by atoms with van der Waals surface area (Å²) in [5.74, 6) is -0.0501. The summed E-state index contributed by atoms with van der Waals surface area (Å²) in [6, 6.07) is -0.550. The topological polar surface area (TPSA) is 95.9 Å². The lowest BCUT2D eigenvalue weighted by Gasteiger charge is -2.22. The fourth-order valence-electron chi connectivity index (χ4n) is 10.6. The third-order valence-electron chi connectivity index (χ3n) is 15.8. The maximum atomic E-state index is 12.5. The van der Waals surface area contributed by atoms with E-state index in [0.29, 0.717) is 25.9 Å². The maximum absolute atomic E-state index is 12.5. The molecule has 0 rings (SSSR count). The van der Waals surface area contributed by atoms with Gasteiger partial charge in [0.05, 0.1) is 25.4 Å². The van der Waals surface area contributed by atoms with Crippen LogP contribution in [0.4, 0.5) is 0 Å². The van der Waals surface area contributed by atoms with Gasteiger partial charge in [0.15, 0.2) is 0 Å². The normalized spacial score (nSPS) is 12.6. The summed E-state index contributed by atoms with van der Waals surface area (Å²) in [7, 11) is 0. The fraction of sp³-hybridized carbons (Fsp3) is 0.912. The number of ether oxygens (including phenoxy) is 1. The minimum atomic E-state index is -0.672. The Kier molecular flexibility index (Phi) is 62.4. The number of hydrogen-bond acceptors (Lipinski definition) is 5. The molecule has 0 spiro atoms.